The van der Waals surface area contributed by atoms with E-state index in [1.54, 1.807) is 36.4 Å². The first kappa shape index (κ1) is 19.5. The van der Waals surface area contributed by atoms with Gasteiger partial charge in [0.15, 0.2) is 5.11 Å². The van der Waals surface area contributed by atoms with Crippen LogP contribution in [0.4, 0.5) is 21.5 Å². The molecule has 0 spiro atoms. The summed E-state index contributed by atoms with van der Waals surface area (Å²) in [7, 11) is 0. The molecule has 9 heteroatoms. The largest absolute Gasteiger partial charge is 0.457 e. The van der Waals surface area contributed by atoms with E-state index in [0.717, 1.165) is 0 Å². The first-order valence-corrected chi connectivity index (χ1v) is 8.74. The van der Waals surface area contributed by atoms with Crippen LogP contribution in [0.5, 0.6) is 11.5 Å². The predicted octanol–water partition coefficient (Wildman–Crippen LogP) is 5.99. The van der Waals surface area contributed by atoms with Crippen LogP contribution in [0.25, 0.3) is 0 Å². The molecule has 0 aliphatic heterocycles. The first-order chi connectivity index (χ1) is 13.4. The number of nitro groups is 1. The lowest BCUT2D eigenvalue weighted by atomic mass is 10.2. The standard InChI is InChI=1S/C19H13ClFN3O3S/c20-12-4-6-17(7-5-12)27-18-10-15(9-16(11-18)24(25)26)23-19(28)22-14-3-1-2-13(21)8-14/h1-11H,(H2,22,23,28). The second-order valence-corrected chi connectivity index (χ2v) is 6.46. The number of halogens is 2. The minimum Gasteiger partial charge on any atom is -0.457 e. The summed E-state index contributed by atoms with van der Waals surface area (Å²) in [5.41, 5.74) is 0.607. The highest BCUT2D eigenvalue weighted by molar-refractivity contribution is 7.80. The van der Waals surface area contributed by atoms with E-state index < -0.39 is 10.7 Å². The van der Waals surface area contributed by atoms with Gasteiger partial charge in [0.05, 0.1) is 16.7 Å². The Labute approximate surface area is 170 Å². The molecule has 3 rings (SSSR count). The summed E-state index contributed by atoms with van der Waals surface area (Å²) in [6, 6.07) is 16.5. The molecule has 0 aliphatic rings. The number of rotatable bonds is 5. The molecule has 0 radical (unpaired) electrons. The number of nitro benzene ring substituents is 1. The van der Waals surface area contributed by atoms with Gasteiger partial charge in [0, 0.05) is 22.8 Å². The van der Waals surface area contributed by atoms with E-state index in [1.807, 2.05) is 0 Å². The van der Waals surface area contributed by atoms with Crippen LogP contribution in [0.15, 0.2) is 66.7 Å². The highest BCUT2D eigenvalue weighted by atomic mass is 35.5. The number of benzene rings is 3. The average Bonchev–Trinajstić information content (AvgIpc) is 2.63. The lowest BCUT2D eigenvalue weighted by Crippen LogP contribution is -2.19. The van der Waals surface area contributed by atoms with Crippen molar-refractivity contribution < 1.29 is 14.1 Å². The topological polar surface area (TPSA) is 76.4 Å². The van der Waals surface area contributed by atoms with E-state index in [1.165, 1.54) is 30.3 Å². The lowest BCUT2D eigenvalue weighted by molar-refractivity contribution is -0.384. The molecule has 0 unspecified atom stereocenters. The fourth-order valence-electron chi connectivity index (χ4n) is 2.32. The van der Waals surface area contributed by atoms with Crippen molar-refractivity contribution in [3.63, 3.8) is 0 Å². The Balaban J connectivity index is 1.79. The molecule has 0 saturated heterocycles. The summed E-state index contributed by atoms with van der Waals surface area (Å²) in [6.07, 6.45) is 0. The molecule has 0 atom stereocenters. The summed E-state index contributed by atoms with van der Waals surface area (Å²) >= 11 is 11.0. The molecule has 0 fully saturated rings. The van der Waals surface area contributed by atoms with Crippen molar-refractivity contribution in [2.75, 3.05) is 10.6 Å². The van der Waals surface area contributed by atoms with Gasteiger partial charge in [-0.15, -0.1) is 0 Å². The molecular formula is C19H13ClFN3O3S. The van der Waals surface area contributed by atoms with Crippen LogP contribution in [0, 0.1) is 15.9 Å². The van der Waals surface area contributed by atoms with Gasteiger partial charge in [0.25, 0.3) is 5.69 Å². The van der Waals surface area contributed by atoms with E-state index in [0.29, 0.717) is 22.1 Å². The number of thiocarbonyl (C=S) groups is 1. The number of nitrogens with zero attached hydrogens (tertiary/aromatic N) is 1. The lowest BCUT2D eigenvalue weighted by Gasteiger charge is -2.12. The third-order valence-electron chi connectivity index (χ3n) is 3.49. The average molecular weight is 418 g/mol. The van der Waals surface area contributed by atoms with E-state index >= 15 is 0 Å². The Bertz CT molecular complexity index is 1030. The van der Waals surface area contributed by atoms with Crippen LogP contribution < -0.4 is 15.4 Å². The molecule has 3 aromatic rings. The smallest absolute Gasteiger partial charge is 0.275 e. The first-order valence-electron chi connectivity index (χ1n) is 7.95. The van der Waals surface area contributed by atoms with Crippen molar-refractivity contribution in [1.82, 2.24) is 0 Å². The molecule has 28 heavy (non-hydrogen) atoms. The van der Waals surface area contributed by atoms with Crippen LogP contribution in [0.2, 0.25) is 5.02 Å². The second kappa shape index (κ2) is 8.64. The minimum atomic E-state index is -0.539. The molecular weight excluding hydrogens is 405 g/mol. The molecule has 0 amide bonds. The summed E-state index contributed by atoms with van der Waals surface area (Å²) in [6.45, 7) is 0. The number of nitrogens with one attached hydrogen (secondary N) is 2. The van der Waals surface area contributed by atoms with Gasteiger partial charge >= 0.3 is 0 Å². The third kappa shape index (κ3) is 5.38. The molecule has 2 N–H and O–H groups in total. The van der Waals surface area contributed by atoms with Gasteiger partial charge in [-0.3, -0.25) is 10.1 Å². The van der Waals surface area contributed by atoms with Crippen molar-refractivity contribution in [1.29, 1.82) is 0 Å². The zero-order valence-electron chi connectivity index (χ0n) is 14.2. The van der Waals surface area contributed by atoms with Crippen LogP contribution >= 0.6 is 23.8 Å². The van der Waals surface area contributed by atoms with Gasteiger partial charge in [-0.05, 0) is 54.7 Å². The Morgan fingerprint density at radius 3 is 2.39 bits per heavy atom. The van der Waals surface area contributed by atoms with E-state index in [2.05, 4.69) is 10.6 Å². The maximum atomic E-state index is 13.3. The van der Waals surface area contributed by atoms with Gasteiger partial charge in [0.2, 0.25) is 0 Å². The zero-order chi connectivity index (χ0) is 20.1. The van der Waals surface area contributed by atoms with Gasteiger partial charge in [-0.2, -0.15) is 0 Å². The Morgan fingerprint density at radius 2 is 1.71 bits per heavy atom. The fourth-order valence-corrected chi connectivity index (χ4v) is 2.68. The predicted molar refractivity (Wildman–Crippen MR) is 111 cm³/mol. The van der Waals surface area contributed by atoms with Gasteiger partial charge in [-0.1, -0.05) is 17.7 Å². The van der Waals surface area contributed by atoms with Crippen molar-refractivity contribution in [3.05, 3.63) is 87.7 Å². The van der Waals surface area contributed by atoms with Crippen molar-refractivity contribution in [2.24, 2.45) is 0 Å². The molecule has 142 valence electrons. The number of anilines is 2. The number of hydrogen-bond acceptors (Lipinski definition) is 4. The van der Waals surface area contributed by atoms with E-state index in [9.17, 15) is 14.5 Å². The second-order valence-electron chi connectivity index (χ2n) is 5.62. The van der Waals surface area contributed by atoms with Gasteiger partial charge < -0.3 is 15.4 Å². The Kier molecular flexibility index (Phi) is 6.03. The van der Waals surface area contributed by atoms with Gasteiger partial charge in [-0.25, -0.2) is 4.39 Å². The molecule has 6 nitrogen and oxygen atoms in total. The number of hydrogen-bond donors (Lipinski definition) is 2. The quantitative estimate of drug-likeness (QED) is 0.302. The van der Waals surface area contributed by atoms with Gasteiger partial charge in [0.1, 0.15) is 17.3 Å². The van der Waals surface area contributed by atoms with Crippen LogP contribution in [0.1, 0.15) is 0 Å². The molecule has 3 aromatic carbocycles. The summed E-state index contributed by atoms with van der Waals surface area (Å²) in [5, 5.41) is 17.6. The van der Waals surface area contributed by atoms with Crippen LogP contribution in [-0.2, 0) is 0 Å². The summed E-state index contributed by atoms with van der Waals surface area (Å²) in [4.78, 5) is 10.7. The zero-order valence-corrected chi connectivity index (χ0v) is 15.8. The monoisotopic (exact) mass is 417 g/mol. The Morgan fingerprint density at radius 1 is 1.00 bits per heavy atom. The maximum Gasteiger partial charge on any atom is 0.275 e. The SMILES string of the molecule is O=[N+]([O-])c1cc(NC(=S)Nc2cccc(F)c2)cc(Oc2ccc(Cl)cc2)c1. The summed E-state index contributed by atoms with van der Waals surface area (Å²) in [5.74, 6) is 0.297. The third-order valence-corrected chi connectivity index (χ3v) is 3.95. The number of ether oxygens (including phenoxy) is 1. The molecule has 0 bridgehead atoms. The normalized spacial score (nSPS) is 10.2. The Hall–Kier alpha value is -3.23. The molecule has 0 aromatic heterocycles. The highest BCUT2D eigenvalue weighted by Gasteiger charge is 2.12. The van der Waals surface area contributed by atoms with Crippen LogP contribution in [0.3, 0.4) is 0 Å². The number of non-ortho nitro benzene ring substituents is 1. The maximum absolute atomic E-state index is 13.3. The van der Waals surface area contributed by atoms with Crippen LogP contribution in [-0.4, -0.2) is 10.0 Å². The molecule has 0 aliphatic carbocycles. The minimum absolute atomic E-state index is 0.142. The van der Waals surface area contributed by atoms with E-state index in [4.69, 9.17) is 28.6 Å². The molecule has 0 saturated carbocycles. The fraction of sp³-hybridized carbons (Fsp3) is 0. The van der Waals surface area contributed by atoms with E-state index in [-0.39, 0.29) is 16.5 Å². The van der Waals surface area contributed by atoms with Crippen molar-refractivity contribution in [3.8, 4) is 11.5 Å². The van der Waals surface area contributed by atoms with Crippen molar-refractivity contribution >= 4 is 46.0 Å². The molecule has 0 heterocycles. The highest BCUT2D eigenvalue weighted by Crippen LogP contribution is 2.30. The van der Waals surface area contributed by atoms with Crippen molar-refractivity contribution in [2.45, 2.75) is 0 Å². The summed E-state index contributed by atoms with van der Waals surface area (Å²) < 4.78 is 18.9.